The lowest BCUT2D eigenvalue weighted by Gasteiger charge is -2.16. The van der Waals surface area contributed by atoms with Crippen LogP contribution < -0.4 is 10.6 Å². The van der Waals surface area contributed by atoms with Crippen LogP contribution in [0, 0.1) is 0 Å². The van der Waals surface area contributed by atoms with E-state index in [-0.39, 0.29) is 17.9 Å². The Balaban J connectivity index is 1.44. The molecule has 0 bridgehead atoms. The van der Waals surface area contributed by atoms with Gasteiger partial charge in [-0.1, -0.05) is 37.1 Å². The summed E-state index contributed by atoms with van der Waals surface area (Å²) in [6, 6.07) is 7.98. The number of H-pyrrole nitrogens is 1. The number of carbonyl (C=O) groups is 2. The number of benzene rings is 1. The van der Waals surface area contributed by atoms with E-state index >= 15 is 0 Å². The maximum absolute atomic E-state index is 12.7. The number of carbonyl (C=O) groups excluding carboxylic acids is 2. The van der Waals surface area contributed by atoms with Gasteiger partial charge in [-0.2, -0.15) is 0 Å². The fourth-order valence-corrected chi connectivity index (χ4v) is 4.76. The van der Waals surface area contributed by atoms with E-state index in [1.165, 1.54) is 11.3 Å². The second kappa shape index (κ2) is 11.7. The van der Waals surface area contributed by atoms with Crippen molar-refractivity contribution in [2.45, 2.75) is 38.1 Å². The molecular formula is C24H26N6O2S2. The third kappa shape index (κ3) is 6.15. The predicted octanol–water partition coefficient (Wildman–Crippen LogP) is 4.82. The van der Waals surface area contributed by atoms with E-state index in [9.17, 15) is 9.59 Å². The average Bonchev–Trinajstić information content (AvgIpc) is 3.65. The van der Waals surface area contributed by atoms with Crippen molar-refractivity contribution >= 4 is 34.5 Å². The Bertz CT molecular complexity index is 1190. The van der Waals surface area contributed by atoms with Crippen LogP contribution in [-0.4, -0.2) is 38.8 Å². The van der Waals surface area contributed by atoms with E-state index in [4.69, 9.17) is 0 Å². The highest BCUT2D eigenvalue weighted by molar-refractivity contribution is 7.13. The normalized spacial score (nSPS) is 11.8. The third-order valence-corrected chi connectivity index (χ3v) is 7.07. The molecule has 0 saturated carbocycles. The van der Waals surface area contributed by atoms with E-state index in [0.29, 0.717) is 17.1 Å². The Morgan fingerprint density at radius 3 is 2.44 bits per heavy atom. The van der Waals surface area contributed by atoms with Gasteiger partial charge in [0, 0.05) is 19.7 Å². The largest absolute Gasteiger partial charge is 0.359 e. The van der Waals surface area contributed by atoms with Crippen LogP contribution in [0.15, 0.2) is 53.9 Å². The molecule has 176 valence electrons. The summed E-state index contributed by atoms with van der Waals surface area (Å²) in [4.78, 5) is 41.9. The third-order valence-electron chi connectivity index (χ3n) is 5.48. The van der Waals surface area contributed by atoms with E-state index < -0.39 is 0 Å². The van der Waals surface area contributed by atoms with Crippen molar-refractivity contribution < 1.29 is 9.59 Å². The van der Waals surface area contributed by atoms with Crippen LogP contribution in [0.4, 0.5) is 0 Å². The molecule has 0 saturated heterocycles. The summed E-state index contributed by atoms with van der Waals surface area (Å²) in [5.74, 6) is 0.600. The van der Waals surface area contributed by atoms with E-state index in [0.717, 1.165) is 47.4 Å². The standard InChI is InChI=1S/C24H26N6O2S2/c1-25-22(31)6-4-2-3-5-18(30-24(32)21-13-27-15-34-21)23-28-11-19(29-23)16-7-9-17(10-8-16)20-12-26-14-33-20/h7-15,18H,2-6H2,1H3,(H,25,31)(H,28,29)(H,30,32). The molecule has 0 spiro atoms. The van der Waals surface area contributed by atoms with Gasteiger partial charge in [-0.05, 0) is 24.0 Å². The van der Waals surface area contributed by atoms with Gasteiger partial charge in [-0.3, -0.25) is 19.6 Å². The van der Waals surface area contributed by atoms with Gasteiger partial charge in [0.15, 0.2) is 0 Å². The summed E-state index contributed by atoms with van der Waals surface area (Å²) >= 11 is 2.91. The van der Waals surface area contributed by atoms with Gasteiger partial charge >= 0.3 is 0 Å². The molecular weight excluding hydrogens is 468 g/mol. The van der Waals surface area contributed by atoms with Crippen molar-refractivity contribution in [3.05, 3.63) is 64.6 Å². The summed E-state index contributed by atoms with van der Waals surface area (Å²) in [5.41, 5.74) is 6.50. The Morgan fingerprint density at radius 2 is 1.74 bits per heavy atom. The molecule has 2 amide bonds. The summed E-state index contributed by atoms with van der Waals surface area (Å²) in [6.45, 7) is 0. The van der Waals surface area contributed by atoms with Crippen LogP contribution >= 0.6 is 22.7 Å². The minimum Gasteiger partial charge on any atom is -0.359 e. The first-order valence-electron chi connectivity index (χ1n) is 11.1. The van der Waals surface area contributed by atoms with Crippen molar-refractivity contribution in [1.29, 1.82) is 0 Å². The molecule has 10 heteroatoms. The molecule has 8 nitrogen and oxygen atoms in total. The molecule has 0 fully saturated rings. The van der Waals surface area contributed by atoms with Gasteiger partial charge in [0.2, 0.25) is 5.91 Å². The molecule has 1 atom stereocenters. The van der Waals surface area contributed by atoms with Crippen LogP contribution in [0.3, 0.4) is 0 Å². The highest BCUT2D eigenvalue weighted by Crippen LogP contribution is 2.27. The minimum absolute atomic E-state index is 0.0482. The van der Waals surface area contributed by atoms with E-state index in [1.54, 1.807) is 36.3 Å². The Kier molecular flexibility index (Phi) is 8.16. The molecule has 4 aromatic rings. The fourth-order valence-electron chi connectivity index (χ4n) is 3.60. The molecule has 3 heterocycles. The van der Waals surface area contributed by atoms with E-state index in [1.807, 2.05) is 11.7 Å². The molecule has 3 N–H and O–H groups in total. The number of thiazole rings is 2. The fraction of sp³-hybridized carbons (Fsp3) is 0.292. The lowest BCUT2D eigenvalue weighted by molar-refractivity contribution is -0.120. The Labute approximate surface area is 205 Å². The number of nitrogens with one attached hydrogen (secondary N) is 3. The van der Waals surface area contributed by atoms with Gasteiger partial charge in [0.1, 0.15) is 10.7 Å². The smallest absolute Gasteiger partial charge is 0.263 e. The maximum Gasteiger partial charge on any atom is 0.263 e. The second-order valence-corrected chi connectivity index (χ2v) is 9.56. The number of imidazole rings is 1. The zero-order chi connectivity index (χ0) is 23.8. The number of hydrogen-bond acceptors (Lipinski definition) is 7. The lowest BCUT2D eigenvalue weighted by Crippen LogP contribution is -2.28. The molecule has 1 aromatic carbocycles. The van der Waals surface area contributed by atoms with Gasteiger partial charge in [-0.25, -0.2) is 4.98 Å². The summed E-state index contributed by atoms with van der Waals surface area (Å²) in [7, 11) is 1.65. The van der Waals surface area contributed by atoms with Crippen LogP contribution in [0.2, 0.25) is 0 Å². The monoisotopic (exact) mass is 494 g/mol. The van der Waals surface area contributed by atoms with Crippen molar-refractivity contribution in [2.75, 3.05) is 7.05 Å². The average molecular weight is 495 g/mol. The second-order valence-electron chi connectivity index (χ2n) is 7.79. The predicted molar refractivity (Wildman–Crippen MR) is 135 cm³/mol. The summed E-state index contributed by atoms with van der Waals surface area (Å²) in [6.07, 6.45) is 9.03. The van der Waals surface area contributed by atoms with Crippen LogP contribution in [0.1, 0.15) is 53.6 Å². The van der Waals surface area contributed by atoms with Gasteiger partial charge in [-0.15, -0.1) is 22.7 Å². The molecule has 0 aliphatic rings. The maximum atomic E-state index is 12.7. The number of nitrogens with zero attached hydrogens (tertiary/aromatic N) is 3. The zero-order valence-electron chi connectivity index (χ0n) is 18.8. The Morgan fingerprint density at radius 1 is 0.971 bits per heavy atom. The molecule has 0 aliphatic heterocycles. The van der Waals surface area contributed by atoms with E-state index in [2.05, 4.69) is 54.8 Å². The summed E-state index contributed by atoms with van der Waals surface area (Å²) in [5, 5.41) is 5.74. The molecule has 0 radical (unpaired) electrons. The minimum atomic E-state index is -0.264. The van der Waals surface area contributed by atoms with Crippen LogP contribution in [-0.2, 0) is 4.79 Å². The number of hydrogen-bond donors (Lipinski definition) is 3. The molecule has 0 aliphatic carbocycles. The quantitative estimate of drug-likeness (QED) is 0.259. The number of unbranched alkanes of at least 4 members (excludes halogenated alkanes) is 2. The molecule has 34 heavy (non-hydrogen) atoms. The number of rotatable bonds is 11. The Hall–Kier alpha value is -3.37. The molecule has 4 rings (SSSR count). The van der Waals surface area contributed by atoms with Crippen LogP contribution in [0.5, 0.6) is 0 Å². The number of aromatic amines is 1. The topological polar surface area (TPSA) is 113 Å². The van der Waals surface area contributed by atoms with Gasteiger partial charge in [0.25, 0.3) is 5.91 Å². The first-order chi connectivity index (χ1) is 16.6. The highest BCUT2D eigenvalue weighted by Gasteiger charge is 2.20. The van der Waals surface area contributed by atoms with Gasteiger partial charge < -0.3 is 15.6 Å². The number of aromatic nitrogens is 4. The zero-order valence-corrected chi connectivity index (χ0v) is 20.4. The molecule has 1 unspecified atom stereocenters. The number of amides is 2. The highest BCUT2D eigenvalue weighted by atomic mass is 32.1. The SMILES string of the molecule is CNC(=O)CCCCCC(NC(=O)c1cncs1)c1ncc(-c2ccc(-c3cncs3)cc2)[nH]1. The first-order valence-corrected chi connectivity index (χ1v) is 12.8. The lowest BCUT2D eigenvalue weighted by atomic mass is 10.1. The van der Waals surface area contributed by atoms with Crippen molar-refractivity contribution in [3.8, 4) is 21.7 Å². The molecule has 3 aromatic heterocycles. The van der Waals surface area contributed by atoms with Crippen molar-refractivity contribution in [2.24, 2.45) is 0 Å². The first kappa shape index (κ1) is 23.8. The van der Waals surface area contributed by atoms with Gasteiger partial charge in [0.05, 0.1) is 40.0 Å². The van der Waals surface area contributed by atoms with Crippen LogP contribution in [0.25, 0.3) is 21.7 Å². The summed E-state index contributed by atoms with van der Waals surface area (Å²) < 4.78 is 0. The van der Waals surface area contributed by atoms with Crippen molar-refractivity contribution in [3.63, 3.8) is 0 Å². The van der Waals surface area contributed by atoms with Crippen molar-refractivity contribution in [1.82, 2.24) is 30.6 Å².